The molecule has 134 valence electrons. The van der Waals surface area contributed by atoms with Gasteiger partial charge in [0.1, 0.15) is 0 Å². The fourth-order valence-electron chi connectivity index (χ4n) is 2.76. The van der Waals surface area contributed by atoms with Crippen LogP contribution in [0.15, 0.2) is 60.7 Å². The molecule has 0 aliphatic heterocycles. The van der Waals surface area contributed by atoms with E-state index in [1.807, 2.05) is 43.4 Å². The van der Waals surface area contributed by atoms with E-state index in [1.165, 1.54) is 11.3 Å². The van der Waals surface area contributed by atoms with Gasteiger partial charge in [-0.25, -0.2) is 0 Å². The molecule has 1 amide bonds. The van der Waals surface area contributed by atoms with Crippen molar-refractivity contribution < 1.29 is 4.79 Å². The van der Waals surface area contributed by atoms with Gasteiger partial charge in [0.25, 0.3) is 0 Å². The van der Waals surface area contributed by atoms with Gasteiger partial charge in [0.05, 0.1) is 6.54 Å². The highest BCUT2D eigenvalue weighted by Crippen LogP contribution is 2.17. The van der Waals surface area contributed by atoms with Crippen LogP contribution in [0.3, 0.4) is 0 Å². The molecule has 4 nitrogen and oxygen atoms in total. The van der Waals surface area contributed by atoms with Crippen LogP contribution in [0.1, 0.15) is 24.9 Å². The maximum atomic E-state index is 12.1. The fourth-order valence-corrected chi connectivity index (χ4v) is 2.76. The summed E-state index contributed by atoms with van der Waals surface area (Å²) in [6.07, 6.45) is 0.926. The van der Waals surface area contributed by atoms with Crippen molar-refractivity contribution >= 4 is 11.6 Å². The van der Waals surface area contributed by atoms with E-state index < -0.39 is 0 Å². The minimum atomic E-state index is 0.0765. The largest absolute Gasteiger partial charge is 0.375 e. The van der Waals surface area contributed by atoms with E-state index in [2.05, 4.69) is 53.4 Å². The molecule has 0 radical (unpaired) electrons. The first kappa shape index (κ1) is 19.0. The van der Waals surface area contributed by atoms with Crippen LogP contribution in [-0.2, 0) is 4.79 Å². The van der Waals surface area contributed by atoms with E-state index in [9.17, 15) is 4.79 Å². The second kappa shape index (κ2) is 9.84. The Bertz CT molecular complexity index is 630. The van der Waals surface area contributed by atoms with Gasteiger partial charge < -0.3 is 10.2 Å². The summed E-state index contributed by atoms with van der Waals surface area (Å²) in [5, 5.41) is 3.02. The molecule has 0 aliphatic rings. The van der Waals surface area contributed by atoms with E-state index in [0.29, 0.717) is 13.1 Å². The molecular weight excluding hydrogens is 310 g/mol. The highest BCUT2D eigenvalue weighted by Gasteiger charge is 2.14. The number of hydrogen-bond acceptors (Lipinski definition) is 3. The number of likely N-dealkylation sites (N-methyl/N-ethyl adjacent to an activating group) is 1. The van der Waals surface area contributed by atoms with Crippen LogP contribution in [0, 0.1) is 0 Å². The molecular formula is C21H29N3O. The highest BCUT2D eigenvalue weighted by molar-refractivity contribution is 5.78. The Morgan fingerprint density at radius 3 is 2.24 bits per heavy atom. The van der Waals surface area contributed by atoms with E-state index >= 15 is 0 Å². The summed E-state index contributed by atoms with van der Waals surface area (Å²) in [6.45, 7) is 4.14. The number of nitrogens with zero attached hydrogens (tertiary/aromatic N) is 2. The maximum absolute atomic E-state index is 12.1. The smallest absolute Gasteiger partial charge is 0.234 e. The lowest BCUT2D eigenvalue weighted by Gasteiger charge is -2.24. The lowest BCUT2D eigenvalue weighted by molar-refractivity contribution is -0.122. The Morgan fingerprint density at radius 2 is 1.60 bits per heavy atom. The SMILES string of the molecule is C[C@@H](c1ccccc1)N(C)CC(=O)NCCCN(C)c1ccccc1. The summed E-state index contributed by atoms with van der Waals surface area (Å²) in [4.78, 5) is 16.4. The summed E-state index contributed by atoms with van der Waals surface area (Å²) in [6, 6.07) is 20.8. The van der Waals surface area contributed by atoms with Gasteiger partial charge in [0, 0.05) is 31.9 Å². The van der Waals surface area contributed by atoms with Gasteiger partial charge in [-0.05, 0) is 38.1 Å². The number of hydrogen-bond donors (Lipinski definition) is 1. The number of benzene rings is 2. The minimum Gasteiger partial charge on any atom is -0.375 e. The molecule has 0 saturated heterocycles. The molecule has 0 fully saturated rings. The van der Waals surface area contributed by atoms with Crippen molar-refractivity contribution in [1.82, 2.24) is 10.2 Å². The Balaban J connectivity index is 1.67. The van der Waals surface area contributed by atoms with Crippen LogP contribution in [0.5, 0.6) is 0 Å². The van der Waals surface area contributed by atoms with Crippen molar-refractivity contribution in [2.75, 3.05) is 38.6 Å². The average molecular weight is 339 g/mol. The first-order valence-electron chi connectivity index (χ1n) is 8.86. The third kappa shape index (κ3) is 6.24. The third-order valence-electron chi connectivity index (χ3n) is 4.53. The van der Waals surface area contributed by atoms with Crippen molar-refractivity contribution in [3.8, 4) is 0 Å². The Morgan fingerprint density at radius 1 is 1.00 bits per heavy atom. The highest BCUT2D eigenvalue weighted by atomic mass is 16.2. The number of carbonyl (C=O) groups is 1. The second-order valence-electron chi connectivity index (χ2n) is 6.46. The monoisotopic (exact) mass is 339 g/mol. The number of carbonyl (C=O) groups excluding carboxylic acids is 1. The Labute approximate surface area is 151 Å². The lowest BCUT2D eigenvalue weighted by atomic mass is 10.1. The number of nitrogens with one attached hydrogen (secondary N) is 1. The molecule has 2 rings (SSSR count). The summed E-state index contributed by atoms with van der Waals surface area (Å²) in [5.41, 5.74) is 2.42. The van der Waals surface area contributed by atoms with Crippen molar-refractivity contribution in [2.24, 2.45) is 0 Å². The van der Waals surface area contributed by atoms with Crippen molar-refractivity contribution in [2.45, 2.75) is 19.4 Å². The van der Waals surface area contributed by atoms with Crippen LogP contribution >= 0.6 is 0 Å². The molecule has 1 atom stereocenters. The molecule has 0 saturated carbocycles. The molecule has 2 aromatic carbocycles. The van der Waals surface area contributed by atoms with Crippen LogP contribution in [0.2, 0.25) is 0 Å². The molecule has 0 aromatic heterocycles. The molecule has 0 aliphatic carbocycles. The lowest BCUT2D eigenvalue weighted by Crippen LogP contribution is -2.37. The minimum absolute atomic E-state index is 0.0765. The van der Waals surface area contributed by atoms with Gasteiger partial charge in [-0.3, -0.25) is 9.69 Å². The van der Waals surface area contributed by atoms with Crippen LogP contribution in [0.4, 0.5) is 5.69 Å². The van der Waals surface area contributed by atoms with E-state index in [-0.39, 0.29) is 11.9 Å². The number of para-hydroxylation sites is 1. The van der Waals surface area contributed by atoms with Crippen LogP contribution in [-0.4, -0.2) is 44.5 Å². The van der Waals surface area contributed by atoms with Gasteiger partial charge in [-0.15, -0.1) is 0 Å². The zero-order valence-electron chi connectivity index (χ0n) is 15.5. The summed E-state index contributed by atoms with van der Waals surface area (Å²) < 4.78 is 0. The predicted octanol–water partition coefficient (Wildman–Crippen LogP) is 3.32. The van der Waals surface area contributed by atoms with Crippen molar-refractivity contribution in [3.63, 3.8) is 0 Å². The molecule has 0 heterocycles. The number of anilines is 1. The van der Waals surface area contributed by atoms with Crippen LogP contribution in [0.25, 0.3) is 0 Å². The van der Waals surface area contributed by atoms with Crippen molar-refractivity contribution in [3.05, 3.63) is 66.2 Å². The maximum Gasteiger partial charge on any atom is 0.234 e. The van der Waals surface area contributed by atoms with Gasteiger partial charge >= 0.3 is 0 Å². The summed E-state index contributed by atoms with van der Waals surface area (Å²) >= 11 is 0. The van der Waals surface area contributed by atoms with E-state index in [0.717, 1.165) is 13.0 Å². The first-order chi connectivity index (χ1) is 12.1. The topological polar surface area (TPSA) is 35.6 Å². The zero-order chi connectivity index (χ0) is 18.1. The van der Waals surface area contributed by atoms with Gasteiger partial charge in [-0.2, -0.15) is 0 Å². The summed E-state index contributed by atoms with van der Waals surface area (Å²) in [7, 11) is 4.06. The fraction of sp³-hybridized carbons (Fsp3) is 0.381. The van der Waals surface area contributed by atoms with Gasteiger partial charge in [-0.1, -0.05) is 48.5 Å². The van der Waals surface area contributed by atoms with Crippen molar-refractivity contribution in [1.29, 1.82) is 0 Å². The second-order valence-corrected chi connectivity index (χ2v) is 6.46. The predicted molar refractivity (Wildman–Crippen MR) is 105 cm³/mol. The van der Waals surface area contributed by atoms with Crippen LogP contribution < -0.4 is 10.2 Å². The molecule has 4 heteroatoms. The molecule has 2 aromatic rings. The summed E-state index contributed by atoms with van der Waals surface area (Å²) in [5.74, 6) is 0.0765. The first-order valence-corrected chi connectivity index (χ1v) is 8.86. The molecule has 0 bridgehead atoms. The molecule has 0 spiro atoms. The van der Waals surface area contributed by atoms with Gasteiger partial charge in [0.2, 0.25) is 5.91 Å². The average Bonchev–Trinajstić information content (AvgIpc) is 2.65. The standard InChI is InChI=1S/C21H29N3O/c1-18(19-11-6-4-7-12-19)24(3)17-21(25)22-15-10-16-23(2)20-13-8-5-9-14-20/h4-9,11-14,18H,10,15-17H2,1-3H3,(H,22,25)/t18-/m0/s1. The zero-order valence-corrected chi connectivity index (χ0v) is 15.5. The molecule has 0 unspecified atom stereocenters. The normalized spacial score (nSPS) is 12.0. The molecule has 1 N–H and O–H groups in total. The molecule has 25 heavy (non-hydrogen) atoms. The van der Waals surface area contributed by atoms with Gasteiger partial charge in [0.15, 0.2) is 0 Å². The third-order valence-corrected chi connectivity index (χ3v) is 4.53. The number of rotatable bonds is 9. The Hall–Kier alpha value is -2.33. The van der Waals surface area contributed by atoms with E-state index in [1.54, 1.807) is 0 Å². The number of amides is 1. The quantitative estimate of drug-likeness (QED) is 0.712. The van der Waals surface area contributed by atoms with E-state index in [4.69, 9.17) is 0 Å². The Kier molecular flexibility index (Phi) is 7.48.